The van der Waals surface area contributed by atoms with E-state index < -0.39 is 0 Å². The summed E-state index contributed by atoms with van der Waals surface area (Å²) in [5.41, 5.74) is 2.49. The number of hydrogen-bond acceptors (Lipinski definition) is 4. The summed E-state index contributed by atoms with van der Waals surface area (Å²) in [6, 6.07) is 4.43. The number of aliphatic imine (C=N–C) groups is 3. The number of rotatable bonds is 0. The van der Waals surface area contributed by atoms with Crippen LogP contribution in [0.1, 0.15) is 12.5 Å². The molecular formula is C13H10ClFN4. The Kier molecular flexibility index (Phi) is 2.71. The second-order valence-corrected chi connectivity index (χ2v) is 4.65. The fourth-order valence-electron chi connectivity index (χ4n) is 1.98. The zero-order valence-corrected chi connectivity index (χ0v) is 11.1. The van der Waals surface area contributed by atoms with Crippen molar-refractivity contribution in [2.45, 2.75) is 6.92 Å². The topological polar surface area (TPSA) is 40.3 Å². The molecule has 0 N–H and O–H groups in total. The van der Waals surface area contributed by atoms with E-state index in [9.17, 15) is 4.39 Å². The lowest BCUT2D eigenvalue weighted by atomic mass is 10.1. The Morgan fingerprint density at radius 3 is 2.84 bits per heavy atom. The lowest BCUT2D eigenvalue weighted by Crippen LogP contribution is -2.29. The molecule has 0 bridgehead atoms. The summed E-state index contributed by atoms with van der Waals surface area (Å²) in [6.45, 7) is 1.80. The molecule has 0 saturated carbocycles. The van der Waals surface area contributed by atoms with Crippen molar-refractivity contribution in [3.05, 3.63) is 40.4 Å². The first-order chi connectivity index (χ1) is 9.06. The number of hydrogen-bond donors (Lipinski definition) is 0. The van der Waals surface area contributed by atoms with Crippen LogP contribution in [0, 0.1) is 5.82 Å². The van der Waals surface area contributed by atoms with Crippen molar-refractivity contribution in [3.63, 3.8) is 0 Å². The highest BCUT2D eigenvalue weighted by Gasteiger charge is 2.23. The van der Waals surface area contributed by atoms with E-state index in [1.54, 1.807) is 24.2 Å². The molecule has 0 saturated heterocycles. The molecule has 3 rings (SSSR count). The van der Waals surface area contributed by atoms with Crippen LogP contribution in [-0.4, -0.2) is 29.8 Å². The number of nitrogens with zero attached hydrogens (tertiary/aromatic N) is 4. The maximum Gasteiger partial charge on any atom is 0.163 e. The van der Waals surface area contributed by atoms with E-state index in [1.807, 2.05) is 7.05 Å². The number of likely N-dealkylation sites (N-methyl/N-ethyl adjacent to an activating group) is 1. The van der Waals surface area contributed by atoms with Gasteiger partial charge in [-0.1, -0.05) is 11.6 Å². The summed E-state index contributed by atoms with van der Waals surface area (Å²) in [6.07, 6.45) is 1.57. The standard InChI is InChI=1S/C13H10ClFN4/c1-7-9-5-8(15)3-4-10(9)18-13-11(17-7)12(14)16-6-19(13)2/h3-6H,1-2H3. The fourth-order valence-corrected chi connectivity index (χ4v) is 2.15. The third-order valence-electron chi connectivity index (χ3n) is 2.94. The van der Waals surface area contributed by atoms with Gasteiger partial charge in [0.25, 0.3) is 0 Å². The second kappa shape index (κ2) is 4.28. The van der Waals surface area contributed by atoms with Gasteiger partial charge < -0.3 is 4.90 Å². The minimum Gasteiger partial charge on any atom is -0.318 e. The summed E-state index contributed by atoms with van der Waals surface area (Å²) in [5.74, 6) is 0.285. The first-order valence-corrected chi connectivity index (χ1v) is 6.05. The number of benzene rings is 1. The molecular weight excluding hydrogens is 267 g/mol. The SMILES string of the molecule is CC1=NC2=C(Cl)N=CN(C)C2=Nc2ccc(F)cc21. The molecule has 2 aliphatic rings. The van der Waals surface area contributed by atoms with Crippen LogP contribution in [-0.2, 0) is 0 Å². The quantitative estimate of drug-likeness (QED) is 0.671. The van der Waals surface area contributed by atoms with Crippen molar-refractivity contribution in [2.24, 2.45) is 15.0 Å². The van der Waals surface area contributed by atoms with Crippen LogP contribution >= 0.6 is 11.6 Å². The van der Waals surface area contributed by atoms with Crippen LogP contribution in [0.25, 0.3) is 0 Å². The summed E-state index contributed by atoms with van der Waals surface area (Å²) in [4.78, 5) is 14.7. The van der Waals surface area contributed by atoms with Crippen molar-refractivity contribution in [3.8, 4) is 0 Å². The van der Waals surface area contributed by atoms with Gasteiger partial charge in [0.1, 0.15) is 11.5 Å². The van der Waals surface area contributed by atoms with Crippen molar-refractivity contribution in [1.29, 1.82) is 0 Å². The third kappa shape index (κ3) is 1.96. The predicted molar refractivity (Wildman–Crippen MR) is 74.8 cm³/mol. The Morgan fingerprint density at radius 1 is 1.26 bits per heavy atom. The third-order valence-corrected chi connectivity index (χ3v) is 3.22. The maximum absolute atomic E-state index is 13.3. The minimum atomic E-state index is -0.317. The van der Waals surface area contributed by atoms with E-state index in [2.05, 4.69) is 15.0 Å². The van der Waals surface area contributed by atoms with E-state index in [4.69, 9.17) is 11.6 Å². The van der Waals surface area contributed by atoms with Gasteiger partial charge in [0.05, 0.1) is 12.0 Å². The van der Waals surface area contributed by atoms with Gasteiger partial charge in [0.15, 0.2) is 11.0 Å². The summed E-state index contributed by atoms with van der Waals surface area (Å²) in [5, 5.41) is 0.282. The van der Waals surface area contributed by atoms with Crippen LogP contribution in [0.15, 0.2) is 44.0 Å². The van der Waals surface area contributed by atoms with E-state index in [-0.39, 0.29) is 11.0 Å². The van der Waals surface area contributed by atoms with Crippen molar-refractivity contribution < 1.29 is 4.39 Å². The largest absolute Gasteiger partial charge is 0.318 e. The smallest absolute Gasteiger partial charge is 0.163 e. The molecule has 0 radical (unpaired) electrons. The molecule has 2 aliphatic heterocycles. The van der Waals surface area contributed by atoms with E-state index in [0.29, 0.717) is 28.5 Å². The molecule has 4 nitrogen and oxygen atoms in total. The average molecular weight is 277 g/mol. The lowest BCUT2D eigenvalue weighted by molar-refractivity contribution is 0.627. The summed E-state index contributed by atoms with van der Waals surface area (Å²) >= 11 is 6.06. The molecule has 0 fully saturated rings. The molecule has 0 aromatic heterocycles. The first-order valence-electron chi connectivity index (χ1n) is 5.67. The zero-order chi connectivity index (χ0) is 13.6. The van der Waals surface area contributed by atoms with E-state index in [0.717, 1.165) is 0 Å². The maximum atomic E-state index is 13.3. The Labute approximate surface area is 114 Å². The van der Waals surface area contributed by atoms with Crippen molar-refractivity contribution in [1.82, 2.24) is 4.90 Å². The fraction of sp³-hybridized carbons (Fsp3) is 0.154. The predicted octanol–water partition coefficient (Wildman–Crippen LogP) is 3.06. The molecule has 6 heteroatoms. The second-order valence-electron chi connectivity index (χ2n) is 4.29. The van der Waals surface area contributed by atoms with Gasteiger partial charge in [-0.05, 0) is 25.1 Å². The van der Waals surface area contributed by atoms with E-state index in [1.165, 1.54) is 12.1 Å². The van der Waals surface area contributed by atoms with Gasteiger partial charge >= 0.3 is 0 Å². The highest BCUT2D eigenvalue weighted by molar-refractivity contribution is 6.34. The molecule has 1 aromatic rings. The molecule has 96 valence electrons. The van der Waals surface area contributed by atoms with Crippen molar-refractivity contribution >= 4 is 35.2 Å². The Morgan fingerprint density at radius 2 is 2.05 bits per heavy atom. The van der Waals surface area contributed by atoms with Crippen molar-refractivity contribution in [2.75, 3.05) is 7.05 Å². The Hall–Kier alpha value is -2.01. The number of fused-ring (bicyclic) bond motifs is 2. The minimum absolute atomic E-state index is 0.282. The molecule has 1 aromatic carbocycles. The van der Waals surface area contributed by atoms with Gasteiger partial charge in [0, 0.05) is 18.3 Å². The Balaban J connectivity index is 2.30. The number of amidine groups is 1. The van der Waals surface area contributed by atoms with Crippen LogP contribution in [0.5, 0.6) is 0 Å². The van der Waals surface area contributed by atoms with Gasteiger partial charge in [-0.25, -0.2) is 19.4 Å². The summed E-state index contributed by atoms with van der Waals surface area (Å²) < 4.78 is 13.3. The first kappa shape index (κ1) is 12.0. The van der Waals surface area contributed by atoms with Gasteiger partial charge in [-0.15, -0.1) is 0 Å². The molecule has 19 heavy (non-hydrogen) atoms. The van der Waals surface area contributed by atoms with Gasteiger partial charge in [0.2, 0.25) is 0 Å². The van der Waals surface area contributed by atoms with Gasteiger partial charge in [-0.2, -0.15) is 0 Å². The monoisotopic (exact) mass is 276 g/mol. The van der Waals surface area contributed by atoms with Crippen LogP contribution < -0.4 is 0 Å². The molecule has 0 aliphatic carbocycles. The molecule has 2 heterocycles. The average Bonchev–Trinajstić information content (AvgIpc) is 2.53. The van der Waals surface area contributed by atoms with Crippen LogP contribution in [0.2, 0.25) is 0 Å². The Bertz CT molecular complexity index is 688. The molecule has 0 spiro atoms. The normalized spacial score (nSPS) is 17.6. The van der Waals surface area contributed by atoms with Crippen LogP contribution in [0.4, 0.5) is 10.1 Å². The number of halogens is 2. The van der Waals surface area contributed by atoms with E-state index >= 15 is 0 Å². The highest BCUT2D eigenvalue weighted by Crippen LogP contribution is 2.30. The molecule has 0 unspecified atom stereocenters. The lowest BCUT2D eigenvalue weighted by Gasteiger charge is -2.19. The highest BCUT2D eigenvalue weighted by atomic mass is 35.5. The molecule has 0 atom stereocenters. The van der Waals surface area contributed by atoms with Crippen LogP contribution in [0.3, 0.4) is 0 Å². The molecule has 0 amide bonds. The van der Waals surface area contributed by atoms with Gasteiger partial charge in [-0.3, -0.25) is 0 Å². The summed E-state index contributed by atoms with van der Waals surface area (Å²) in [7, 11) is 1.81. The zero-order valence-electron chi connectivity index (χ0n) is 10.4.